The van der Waals surface area contributed by atoms with Gasteiger partial charge in [0, 0.05) is 6.54 Å². The number of β-amino-alcohol motifs (C(OH)–C–C–N with tert-alkyl or cyclic N) is 1. The number of rotatable bonds is 2. The molecule has 7 atom stereocenters. The first-order chi connectivity index (χ1) is 11.1. The summed E-state index contributed by atoms with van der Waals surface area (Å²) in [5.74, 6) is 0.788. The smallest absolute Gasteiger partial charge is 0.404 e. The van der Waals surface area contributed by atoms with Gasteiger partial charge in [0.15, 0.2) is 0 Å². The maximum absolute atomic E-state index is 12.4. The number of aliphatic hydroxyl groups is 1. The summed E-state index contributed by atoms with van der Waals surface area (Å²) in [6, 6.07) is -0.580. The van der Waals surface area contributed by atoms with Crippen LogP contribution in [0.1, 0.15) is 47.0 Å². The second-order valence-electron chi connectivity index (χ2n) is 9.07. The molecule has 0 radical (unpaired) electrons. The Hall–Kier alpha value is -0.335. The van der Waals surface area contributed by atoms with Gasteiger partial charge in [-0.2, -0.15) is 0 Å². The number of carbonyl (C=O) groups excluding carboxylic acids is 1. The van der Waals surface area contributed by atoms with E-state index in [1.54, 1.807) is 11.8 Å². The van der Waals surface area contributed by atoms with Crippen LogP contribution in [0.2, 0.25) is 0 Å². The lowest BCUT2D eigenvalue weighted by Gasteiger charge is -2.64. The van der Waals surface area contributed by atoms with E-state index in [2.05, 4.69) is 20.8 Å². The highest BCUT2D eigenvalue weighted by Gasteiger charge is 2.69. The third kappa shape index (κ3) is 2.66. The number of aliphatic hydroxyl groups excluding tert-OH is 1. The molecule has 142 valence electrons. The van der Waals surface area contributed by atoms with Crippen LogP contribution in [0.3, 0.4) is 0 Å². The molecule has 1 amide bonds. The molecule has 3 N–H and O–H groups in total. The minimum absolute atomic E-state index is 0. The standard InChI is InChI=1S/C17H29BN2O4.ClH/c1-9(19)15(22)20-8-11(21)7-14(20)18-23-13-6-10-5-12(16(10,2)3)17(13,4)24-18;/h9-14,21H,5-8,19H2,1-4H3;1H/t9?,10-,11-,12-,13?,14-,17-;/m0./s1. The van der Waals surface area contributed by atoms with Gasteiger partial charge in [0.1, 0.15) is 0 Å². The molecule has 2 aliphatic heterocycles. The summed E-state index contributed by atoms with van der Waals surface area (Å²) in [6.07, 6.45) is 2.26. The number of hydrogen-bond donors (Lipinski definition) is 2. The Kier molecular flexibility index (Phi) is 4.74. The van der Waals surface area contributed by atoms with Gasteiger partial charge in [-0.15, -0.1) is 12.4 Å². The van der Waals surface area contributed by atoms with E-state index in [0.29, 0.717) is 30.2 Å². The number of amides is 1. The third-order valence-electron chi connectivity index (χ3n) is 7.28. The van der Waals surface area contributed by atoms with Crippen LogP contribution in [0.25, 0.3) is 0 Å². The molecule has 0 aromatic rings. The normalized spacial score (nSPS) is 45.4. The first kappa shape index (κ1) is 19.4. The van der Waals surface area contributed by atoms with Crippen molar-refractivity contribution in [1.82, 2.24) is 4.90 Å². The zero-order valence-electron chi connectivity index (χ0n) is 15.5. The second-order valence-corrected chi connectivity index (χ2v) is 9.07. The largest absolute Gasteiger partial charge is 0.482 e. The Morgan fingerprint density at radius 2 is 2.00 bits per heavy atom. The molecule has 8 heteroatoms. The number of nitrogens with two attached hydrogens (primary N) is 1. The Labute approximate surface area is 156 Å². The van der Waals surface area contributed by atoms with Crippen LogP contribution in [0, 0.1) is 17.3 Å². The Bertz CT molecular complexity index is 563. The van der Waals surface area contributed by atoms with Gasteiger partial charge in [-0.3, -0.25) is 4.79 Å². The van der Waals surface area contributed by atoms with E-state index in [0.717, 1.165) is 6.42 Å². The molecular formula is C17H30BClN2O4. The van der Waals surface area contributed by atoms with Crippen molar-refractivity contribution in [2.24, 2.45) is 23.0 Å². The number of carbonyl (C=O) groups is 1. The fraction of sp³-hybridized carbons (Fsp3) is 0.941. The molecular weight excluding hydrogens is 342 g/mol. The van der Waals surface area contributed by atoms with Gasteiger partial charge in [0.2, 0.25) is 5.91 Å². The molecule has 2 bridgehead atoms. The molecule has 5 rings (SSSR count). The van der Waals surface area contributed by atoms with Crippen molar-refractivity contribution in [3.63, 3.8) is 0 Å². The van der Waals surface area contributed by atoms with Crippen LogP contribution in [0.4, 0.5) is 0 Å². The van der Waals surface area contributed by atoms with Crippen molar-refractivity contribution in [3.05, 3.63) is 0 Å². The second kappa shape index (κ2) is 6.09. The van der Waals surface area contributed by atoms with E-state index in [1.165, 1.54) is 6.42 Å². The summed E-state index contributed by atoms with van der Waals surface area (Å²) in [5, 5.41) is 10.1. The predicted molar refractivity (Wildman–Crippen MR) is 97.1 cm³/mol. The summed E-state index contributed by atoms with van der Waals surface area (Å²) in [7, 11) is -0.463. The molecule has 0 aromatic carbocycles. The van der Waals surface area contributed by atoms with Crippen LogP contribution in [0.15, 0.2) is 0 Å². The summed E-state index contributed by atoms with van der Waals surface area (Å²) < 4.78 is 12.7. The summed E-state index contributed by atoms with van der Waals surface area (Å²) in [4.78, 5) is 14.1. The van der Waals surface area contributed by atoms with E-state index >= 15 is 0 Å². The van der Waals surface area contributed by atoms with Crippen molar-refractivity contribution in [2.75, 3.05) is 6.54 Å². The van der Waals surface area contributed by atoms with E-state index in [-0.39, 0.29) is 36.0 Å². The van der Waals surface area contributed by atoms with Gasteiger partial charge < -0.3 is 25.0 Å². The number of halogens is 1. The fourth-order valence-corrected chi connectivity index (χ4v) is 5.68. The van der Waals surface area contributed by atoms with Crippen LogP contribution in [-0.4, -0.2) is 59.4 Å². The lowest BCUT2D eigenvalue weighted by Crippen LogP contribution is -2.65. The van der Waals surface area contributed by atoms with Gasteiger partial charge >= 0.3 is 7.12 Å². The minimum atomic E-state index is -0.580. The van der Waals surface area contributed by atoms with Crippen LogP contribution in [0.5, 0.6) is 0 Å². The first-order valence-electron chi connectivity index (χ1n) is 9.22. The molecule has 0 spiro atoms. The summed E-state index contributed by atoms with van der Waals surface area (Å²) >= 11 is 0. The van der Waals surface area contributed by atoms with Crippen LogP contribution >= 0.6 is 12.4 Å². The zero-order chi connectivity index (χ0) is 17.4. The third-order valence-corrected chi connectivity index (χ3v) is 7.28. The van der Waals surface area contributed by atoms with Gasteiger partial charge in [-0.25, -0.2) is 0 Å². The molecule has 2 unspecified atom stereocenters. The fourth-order valence-electron chi connectivity index (χ4n) is 5.68. The van der Waals surface area contributed by atoms with Gasteiger partial charge in [0.05, 0.1) is 29.8 Å². The highest BCUT2D eigenvalue weighted by molar-refractivity contribution is 6.48. The summed E-state index contributed by atoms with van der Waals surface area (Å²) in [5.41, 5.74) is 5.77. The van der Waals surface area contributed by atoms with Gasteiger partial charge in [-0.1, -0.05) is 13.8 Å². The average molecular weight is 373 g/mol. The first-order valence-corrected chi connectivity index (χ1v) is 9.22. The minimum Gasteiger partial charge on any atom is -0.404 e. The molecule has 3 saturated carbocycles. The molecule has 0 aromatic heterocycles. The van der Waals surface area contributed by atoms with E-state index in [9.17, 15) is 9.90 Å². The molecule has 5 fully saturated rings. The quantitative estimate of drug-likeness (QED) is 0.706. The van der Waals surface area contributed by atoms with E-state index in [1.807, 2.05) is 0 Å². The van der Waals surface area contributed by atoms with Crippen molar-refractivity contribution < 1.29 is 19.2 Å². The molecule has 3 aliphatic carbocycles. The van der Waals surface area contributed by atoms with Crippen LogP contribution < -0.4 is 5.73 Å². The number of nitrogens with zero attached hydrogens (tertiary/aromatic N) is 1. The van der Waals surface area contributed by atoms with Crippen molar-refractivity contribution in [1.29, 1.82) is 0 Å². The number of likely N-dealkylation sites (tertiary alicyclic amines) is 1. The predicted octanol–water partition coefficient (Wildman–Crippen LogP) is 0.985. The van der Waals surface area contributed by atoms with E-state index in [4.69, 9.17) is 15.0 Å². The van der Waals surface area contributed by atoms with Crippen LogP contribution in [-0.2, 0) is 14.1 Å². The molecule has 2 saturated heterocycles. The Morgan fingerprint density at radius 1 is 1.32 bits per heavy atom. The lowest BCUT2D eigenvalue weighted by atomic mass is 9.43. The van der Waals surface area contributed by atoms with Crippen molar-refractivity contribution in [3.8, 4) is 0 Å². The summed E-state index contributed by atoms with van der Waals surface area (Å²) in [6.45, 7) is 8.82. The highest BCUT2D eigenvalue weighted by atomic mass is 35.5. The molecule has 6 nitrogen and oxygen atoms in total. The monoisotopic (exact) mass is 372 g/mol. The topological polar surface area (TPSA) is 85.0 Å². The van der Waals surface area contributed by atoms with Crippen molar-refractivity contribution >= 4 is 25.4 Å². The maximum atomic E-state index is 12.4. The molecule has 5 aliphatic rings. The van der Waals surface area contributed by atoms with Crippen molar-refractivity contribution in [2.45, 2.75) is 76.7 Å². The number of hydrogen-bond acceptors (Lipinski definition) is 5. The van der Waals surface area contributed by atoms with E-state index < -0.39 is 19.3 Å². The Morgan fingerprint density at radius 3 is 2.60 bits per heavy atom. The van der Waals surface area contributed by atoms with Gasteiger partial charge in [-0.05, 0) is 50.4 Å². The lowest BCUT2D eigenvalue weighted by molar-refractivity contribution is -0.199. The SMILES string of the molecule is CC(N)C(=O)N1C[C@@H](O)C[C@H]1B1OC2C[C@@H]3C[C@@H](C3(C)C)[C@]2(C)O1.Cl. The Balaban J connectivity index is 0.00000182. The average Bonchev–Trinajstić information content (AvgIpc) is 3.04. The van der Waals surface area contributed by atoms with Gasteiger partial charge in [0.25, 0.3) is 0 Å². The molecule has 2 heterocycles. The molecule has 25 heavy (non-hydrogen) atoms. The zero-order valence-corrected chi connectivity index (χ0v) is 16.3. The highest BCUT2D eigenvalue weighted by Crippen LogP contribution is 2.65. The maximum Gasteiger partial charge on any atom is 0.482 e.